The summed E-state index contributed by atoms with van der Waals surface area (Å²) in [6, 6.07) is 14.0. The topological polar surface area (TPSA) is 39.7 Å². The molecule has 0 aromatic heterocycles. The second-order valence-corrected chi connectivity index (χ2v) is 5.24. The Labute approximate surface area is 124 Å². The van der Waals surface area contributed by atoms with Crippen molar-refractivity contribution in [3.63, 3.8) is 0 Å². The molecule has 0 saturated heterocycles. The molecule has 21 heavy (non-hydrogen) atoms. The number of ether oxygens (including phenoxy) is 3. The van der Waals surface area contributed by atoms with Gasteiger partial charge in [0.1, 0.15) is 5.75 Å². The van der Waals surface area contributed by atoms with E-state index in [2.05, 4.69) is 5.32 Å². The molecule has 0 unspecified atom stereocenters. The molecular weight excluding hydrogens is 266 g/mol. The van der Waals surface area contributed by atoms with E-state index < -0.39 is 0 Å². The Hall–Kier alpha value is -2.36. The Bertz CT molecular complexity index is 625. The van der Waals surface area contributed by atoms with E-state index in [9.17, 15) is 0 Å². The van der Waals surface area contributed by atoms with Crippen LogP contribution in [0.1, 0.15) is 19.4 Å². The zero-order valence-electron chi connectivity index (χ0n) is 12.3. The van der Waals surface area contributed by atoms with Gasteiger partial charge in [-0.05, 0) is 43.7 Å². The molecule has 0 atom stereocenters. The summed E-state index contributed by atoms with van der Waals surface area (Å²) in [5.74, 6) is 2.50. The molecule has 4 nitrogen and oxygen atoms in total. The lowest BCUT2D eigenvalue weighted by atomic mass is 10.2. The van der Waals surface area contributed by atoms with Crippen LogP contribution in [0, 0.1) is 0 Å². The van der Waals surface area contributed by atoms with Crippen molar-refractivity contribution >= 4 is 5.69 Å². The van der Waals surface area contributed by atoms with Crippen molar-refractivity contribution in [1.82, 2.24) is 0 Å². The van der Waals surface area contributed by atoms with Gasteiger partial charge in [0.15, 0.2) is 11.5 Å². The van der Waals surface area contributed by atoms with Crippen LogP contribution >= 0.6 is 0 Å². The van der Waals surface area contributed by atoms with Crippen LogP contribution in [0.15, 0.2) is 42.5 Å². The summed E-state index contributed by atoms with van der Waals surface area (Å²) in [6.45, 7) is 5.07. The second kappa shape index (κ2) is 5.95. The Morgan fingerprint density at radius 3 is 2.81 bits per heavy atom. The molecule has 3 rings (SSSR count). The van der Waals surface area contributed by atoms with Crippen molar-refractivity contribution < 1.29 is 14.2 Å². The molecule has 4 heteroatoms. The van der Waals surface area contributed by atoms with Crippen molar-refractivity contribution in [2.75, 3.05) is 12.1 Å². The third kappa shape index (κ3) is 3.40. The lowest BCUT2D eigenvalue weighted by molar-refractivity contribution is 0.174. The van der Waals surface area contributed by atoms with Gasteiger partial charge in [-0.15, -0.1) is 0 Å². The van der Waals surface area contributed by atoms with Gasteiger partial charge < -0.3 is 19.5 Å². The molecule has 2 aromatic carbocycles. The first kappa shape index (κ1) is 13.6. The van der Waals surface area contributed by atoms with Crippen LogP contribution in [0.3, 0.4) is 0 Å². The van der Waals surface area contributed by atoms with Gasteiger partial charge in [0.25, 0.3) is 0 Å². The smallest absolute Gasteiger partial charge is 0.231 e. The highest BCUT2D eigenvalue weighted by Gasteiger charge is 2.12. The predicted octanol–water partition coefficient (Wildman–Crippen LogP) is 3.81. The third-order valence-corrected chi connectivity index (χ3v) is 3.14. The second-order valence-electron chi connectivity index (χ2n) is 5.24. The largest absolute Gasteiger partial charge is 0.491 e. The first-order chi connectivity index (χ1) is 10.2. The quantitative estimate of drug-likeness (QED) is 0.906. The average molecular weight is 285 g/mol. The van der Waals surface area contributed by atoms with Gasteiger partial charge in [-0.2, -0.15) is 0 Å². The normalized spacial score (nSPS) is 12.5. The standard InChI is InChI=1S/C17H19NO3/c1-12(2)21-15-5-3-4-14(9-15)18-10-13-6-7-16-17(8-13)20-11-19-16/h3-9,12,18H,10-11H2,1-2H3. The lowest BCUT2D eigenvalue weighted by Crippen LogP contribution is -2.06. The van der Waals surface area contributed by atoms with Crippen molar-refractivity contribution in [2.24, 2.45) is 0 Å². The SMILES string of the molecule is CC(C)Oc1cccc(NCc2ccc3c(c2)OCO3)c1. The molecule has 0 fully saturated rings. The molecule has 110 valence electrons. The van der Waals surface area contributed by atoms with Crippen LogP contribution in [0.2, 0.25) is 0 Å². The average Bonchev–Trinajstić information content (AvgIpc) is 2.92. The molecule has 1 N–H and O–H groups in total. The maximum atomic E-state index is 5.69. The summed E-state index contributed by atoms with van der Waals surface area (Å²) in [7, 11) is 0. The summed E-state index contributed by atoms with van der Waals surface area (Å²) in [5, 5.41) is 3.39. The van der Waals surface area contributed by atoms with Gasteiger partial charge in [0.05, 0.1) is 6.10 Å². The molecule has 0 saturated carbocycles. The van der Waals surface area contributed by atoms with E-state index in [0.717, 1.165) is 35.0 Å². The number of hydrogen-bond donors (Lipinski definition) is 1. The van der Waals surface area contributed by atoms with E-state index in [1.54, 1.807) is 0 Å². The molecule has 0 spiro atoms. The van der Waals surface area contributed by atoms with Gasteiger partial charge >= 0.3 is 0 Å². The van der Waals surface area contributed by atoms with Gasteiger partial charge in [-0.1, -0.05) is 12.1 Å². The van der Waals surface area contributed by atoms with Crippen LogP contribution in [-0.2, 0) is 6.54 Å². The van der Waals surface area contributed by atoms with Crippen LogP contribution in [0.4, 0.5) is 5.69 Å². The predicted molar refractivity (Wildman–Crippen MR) is 82.1 cm³/mol. The molecule has 0 amide bonds. The summed E-state index contributed by atoms with van der Waals surface area (Å²) in [6.07, 6.45) is 0.175. The minimum atomic E-state index is 0.175. The van der Waals surface area contributed by atoms with E-state index in [4.69, 9.17) is 14.2 Å². The van der Waals surface area contributed by atoms with Gasteiger partial charge in [0, 0.05) is 18.3 Å². The minimum absolute atomic E-state index is 0.175. The Kier molecular flexibility index (Phi) is 3.86. The highest BCUT2D eigenvalue weighted by molar-refractivity contribution is 5.50. The number of fused-ring (bicyclic) bond motifs is 1. The molecule has 0 bridgehead atoms. The zero-order chi connectivity index (χ0) is 14.7. The highest BCUT2D eigenvalue weighted by Crippen LogP contribution is 2.32. The Balaban J connectivity index is 1.64. The Morgan fingerprint density at radius 2 is 1.95 bits per heavy atom. The molecule has 1 aliphatic heterocycles. The van der Waals surface area contributed by atoms with Crippen LogP contribution in [0.25, 0.3) is 0 Å². The van der Waals surface area contributed by atoms with Crippen molar-refractivity contribution in [3.8, 4) is 17.2 Å². The maximum Gasteiger partial charge on any atom is 0.231 e. The number of hydrogen-bond acceptors (Lipinski definition) is 4. The molecular formula is C17H19NO3. The van der Waals surface area contributed by atoms with Crippen LogP contribution in [-0.4, -0.2) is 12.9 Å². The molecule has 2 aromatic rings. The number of benzene rings is 2. The Morgan fingerprint density at radius 1 is 1.10 bits per heavy atom. The van der Waals surface area contributed by atoms with Crippen molar-refractivity contribution in [2.45, 2.75) is 26.5 Å². The fraction of sp³-hybridized carbons (Fsp3) is 0.294. The van der Waals surface area contributed by atoms with Crippen LogP contribution in [0.5, 0.6) is 17.2 Å². The van der Waals surface area contributed by atoms with Crippen molar-refractivity contribution in [1.29, 1.82) is 0 Å². The van der Waals surface area contributed by atoms with Crippen molar-refractivity contribution in [3.05, 3.63) is 48.0 Å². The molecule has 1 aliphatic rings. The zero-order valence-corrected chi connectivity index (χ0v) is 12.3. The maximum absolute atomic E-state index is 5.69. The van der Waals surface area contributed by atoms with E-state index >= 15 is 0 Å². The number of nitrogens with one attached hydrogen (secondary N) is 1. The van der Waals surface area contributed by atoms with Gasteiger partial charge in [0.2, 0.25) is 6.79 Å². The first-order valence-corrected chi connectivity index (χ1v) is 7.10. The molecule has 1 heterocycles. The van der Waals surface area contributed by atoms with Crippen LogP contribution < -0.4 is 19.5 Å². The third-order valence-electron chi connectivity index (χ3n) is 3.14. The summed E-state index contributed by atoms with van der Waals surface area (Å²) in [4.78, 5) is 0. The van der Waals surface area contributed by atoms with Gasteiger partial charge in [-0.25, -0.2) is 0 Å². The van der Waals surface area contributed by atoms with Gasteiger partial charge in [-0.3, -0.25) is 0 Å². The van der Waals surface area contributed by atoms with E-state index in [1.165, 1.54) is 0 Å². The highest BCUT2D eigenvalue weighted by atomic mass is 16.7. The number of anilines is 1. The van der Waals surface area contributed by atoms with E-state index in [-0.39, 0.29) is 6.10 Å². The number of rotatable bonds is 5. The molecule has 0 radical (unpaired) electrons. The minimum Gasteiger partial charge on any atom is -0.491 e. The fourth-order valence-electron chi connectivity index (χ4n) is 2.21. The summed E-state index contributed by atoms with van der Waals surface area (Å²) < 4.78 is 16.4. The first-order valence-electron chi connectivity index (χ1n) is 7.10. The summed E-state index contributed by atoms with van der Waals surface area (Å²) in [5.41, 5.74) is 2.18. The monoisotopic (exact) mass is 285 g/mol. The molecule has 0 aliphatic carbocycles. The lowest BCUT2D eigenvalue weighted by Gasteiger charge is -2.12. The fourth-order valence-corrected chi connectivity index (χ4v) is 2.21. The summed E-state index contributed by atoms with van der Waals surface area (Å²) >= 11 is 0. The van der Waals surface area contributed by atoms with E-state index in [1.807, 2.05) is 56.3 Å². The van der Waals surface area contributed by atoms with E-state index in [0.29, 0.717) is 6.79 Å².